The van der Waals surface area contributed by atoms with E-state index >= 15 is 0 Å². The highest BCUT2D eigenvalue weighted by Gasteiger charge is 2.17. The molecule has 0 aromatic heterocycles. The third-order valence-corrected chi connectivity index (χ3v) is 4.91. The Balaban J connectivity index is 1.72. The van der Waals surface area contributed by atoms with Crippen molar-refractivity contribution in [1.29, 1.82) is 0 Å². The average Bonchev–Trinajstić information content (AvgIpc) is 2.69. The first-order valence-electron chi connectivity index (χ1n) is 9.23. The Morgan fingerprint density at radius 2 is 1.89 bits per heavy atom. The third kappa shape index (κ3) is 4.85. The van der Waals surface area contributed by atoms with E-state index in [2.05, 4.69) is 27.5 Å². The lowest BCUT2D eigenvalue weighted by Crippen LogP contribution is -2.43. The van der Waals surface area contributed by atoms with Gasteiger partial charge in [0.15, 0.2) is 0 Å². The number of hydrogen-bond donors (Lipinski definition) is 2. The van der Waals surface area contributed by atoms with Crippen LogP contribution in [0.5, 0.6) is 0 Å². The second kappa shape index (κ2) is 8.81. The van der Waals surface area contributed by atoms with Crippen LogP contribution in [0.25, 0.3) is 0 Å². The lowest BCUT2D eigenvalue weighted by atomic mass is 10.1. The van der Waals surface area contributed by atoms with Gasteiger partial charge in [0.25, 0.3) is 11.6 Å². The van der Waals surface area contributed by atoms with Crippen LogP contribution in [0, 0.1) is 10.1 Å². The summed E-state index contributed by atoms with van der Waals surface area (Å²) >= 11 is 0. The summed E-state index contributed by atoms with van der Waals surface area (Å²) < 4.78 is 0. The molecule has 8 heteroatoms. The van der Waals surface area contributed by atoms with Crippen LogP contribution in [0.1, 0.15) is 15.9 Å². The lowest BCUT2D eigenvalue weighted by Gasteiger charge is -2.32. The average molecular weight is 383 g/mol. The molecule has 2 N–H and O–H groups in total. The lowest BCUT2D eigenvalue weighted by molar-refractivity contribution is -0.384. The molecule has 0 saturated carbocycles. The number of piperazine rings is 1. The number of nitro benzene ring substituents is 1. The van der Waals surface area contributed by atoms with Gasteiger partial charge in [-0.25, -0.2) is 0 Å². The van der Waals surface area contributed by atoms with Gasteiger partial charge in [-0.2, -0.15) is 0 Å². The predicted molar refractivity (Wildman–Crippen MR) is 110 cm³/mol. The Morgan fingerprint density at radius 1 is 1.14 bits per heavy atom. The van der Waals surface area contributed by atoms with Crippen LogP contribution < -0.4 is 10.6 Å². The van der Waals surface area contributed by atoms with E-state index in [9.17, 15) is 14.9 Å². The fraction of sp³-hybridized carbons (Fsp3) is 0.350. The van der Waals surface area contributed by atoms with Crippen molar-refractivity contribution in [3.63, 3.8) is 0 Å². The number of nitrogens with one attached hydrogen (secondary N) is 2. The molecule has 0 bridgehead atoms. The molecule has 0 atom stereocenters. The van der Waals surface area contributed by atoms with Gasteiger partial charge in [0.1, 0.15) is 0 Å². The largest absolute Gasteiger partial charge is 0.387 e. The molecule has 0 spiro atoms. The zero-order chi connectivity index (χ0) is 20.1. The Labute approximate surface area is 164 Å². The van der Waals surface area contributed by atoms with Crippen molar-refractivity contribution >= 4 is 23.0 Å². The Bertz CT molecular complexity index is 863. The molecule has 1 aliphatic rings. The van der Waals surface area contributed by atoms with E-state index < -0.39 is 4.92 Å². The topological polar surface area (TPSA) is 90.8 Å². The smallest absolute Gasteiger partial charge is 0.270 e. The van der Waals surface area contributed by atoms with Gasteiger partial charge < -0.3 is 15.5 Å². The van der Waals surface area contributed by atoms with Crippen molar-refractivity contribution in [2.24, 2.45) is 0 Å². The number of nitro groups is 1. The summed E-state index contributed by atoms with van der Waals surface area (Å²) in [5.74, 6) is -0.384. The molecule has 148 valence electrons. The number of carbonyl (C=O) groups excluding carboxylic acids is 1. The quantitative estimate of drug-likeness (QED) is 0.589. The van der Waals surface area contributed by atoms with Crippen molar-refractivity contribution in [2.45, 2.75) is 6.54 Å². The maximum Gasteiger partial charge on any atom is 0.270 e. The van der Waals surface area contributed by atoms with Crippen LogP contribution in [-0.2, 0) is 6.54 Å². The number of benzene rings is 2. The predicted octanol–water partition coefficient (Wildman–Crippen LogP) is 2.64. The fourth-order valence-electron chi connectivity index (χ4n) is 3.26. The standard InChI is InChI=1S/C20H25N5O3/c1-21-19-7-6-17(25(27)28)13-18(19)20(26)22-16-5-3-4-15(12-16)14-24-10-8-23(2)9-11-24/h3-7,12-13,21H,8-11,14H2,1-2H3,(H,22,26). The second-order valence-corrected chi connectivity index (χ2v) is 6.97. The first-order chi connectivity index (χ1) is 13.5. The summed E-state index contributed by atoms with van der Waals surface area (Å²) in [4.78, 5) is 27.9. The maximum absolute atomic E-state index is 12.7. The van der Waals surface area contributed by atoms with Gasteiger partial charge in [0.05, 0.1) is 10.5 Å². The summed E-state index contributed by atoms with van der Waals surface area (Å²) in [5, 5.41) is 16.8. The molecule has 1 aliphatic heterocycles. The summed E-state index contributed by atoms with van der Waals surface area (Å²) in [6.45, 7) is 4.97. The molecule has 8 nitrogen and oxygen atoms in total. The molecular weight excluding hydrogens is 358 g/mol. The maximum atomic E-state index is 12.7. The van der Waals surface area contributed by atoms with E-state index in [-0.39, 0.29) is 17.2 Å². The first-order valence-corrected chi connectivity index (χ1v) is 9.23. The van der Waals surface area contributed by atoms with Gasteiger partial charge in [-0.15, -0.1) is 0 Å². The number of carbonyl (C=O) groups is 1. The highest BCUT2D eigenvalue weighted by atomic mass is 16.6. The molecule has 1 heterocycles. The number of likely N-dealkylation sites (N-methyl/N-ethyl adjacent to an activating group) is 1. The van der Waals surface area contributed by atoms with Crippen LogP contribution in [0.4, 0.5) is 17.1 Å². The number of amides is 1. The van der Waals surface area contributed by atoms with Gasteiger partial charge in [0, 0.05) is 63.3 Å². The van der Waals surface area contributed by atoms with E-state index in [0.29, 0.717) is 11.4 Å². The van der Waals surface area contributed by atoms with Crippen molar-refractivity contribution in [3.8, 4) is 0 Å². The Kier molecular flexibility index (Phi) is 6.23. The first kappa shape index (κ1) is 19.8. The van der Waals surface area contributed by atoms with Crippen molar-refractivity contribution in [2.75, 3.05) is 50.9 Å². The minimum Gasteiger partial charge on any atom is -0.387 e. The highest BCUT2D eigenvalue weighted by Crippen LogP contribution is 2.23. The van der Waals surface area contributed by atoms with Gasteiger partial charge >= 0.3 is 0 Å². The van der Waals surface area contributed by atoms with E-state index in [1.165, 1.54) is 18.2 Å². The number of hydrogen-bond acceptors (Lipinski definition) is 6. The second-order valence-electron chi connectivity index (χ2n) is 6.97. The molecule has 0 radical (unpaired) electrons. The van der Waals surface area contributed by atoms with Gasteiger partial charge in [0.2, 0.25) is 0 Å². The van der Waals surface area contributed by atoms with E-state index in [1.807, 2.05) is 24.3 Å². The Hall–Kier alpha value is -2.97. The third-order valence-electron chi connectivity index (χ3n) is 4.91. The molecule has 2 aromatic rings. The number of non-ortho nitro benzene ring substituents is 1. The SMILES string of the molecule is CNc1ccc([N+](=O)[O-])cc1C(=O)Nc1cccc(CN2CCN(C)CC2)c1. The van der Waals surface area contributed by atoms with E-state index in [0.717, 1.165) is 38.3 Å². The van der Waals surface area contributed by atoms with Crippen LogP contribution in [-0.4, -0.2) is 60.9 Å². The molecule has 0 unspecified atom stereocenters. The molecule has 1 amide bonds. The number of rotatable bonds is 6. The molecule has 28 heavy (non-hydrogen) atoms. The number of nitrogens with zero attached hydrogens (tertiary/aromatic N) is 3. The normalized spacial score (nSPS) is 15.2. The minimum absolute atomic E-state index is 0.118. The Morgan fingerprint density at radius 3 is 2.57 bits per heavy atom. The zero-order valence-electron chi connectivity index (χ0n) is 16.1. The van der Waals surface area contributed by atoms with E-state index in [1.54, 1.807) is 7.05 Å². The molecule has 1 saturated heterocycles. The summed E-state index contributed by atoms with van der Waals surface area (Å²) in [5.41, 5.74) is 2.45. The molecule has 3 rings (SSSR count). The van der Waals surface area contributed by atoms with Crippen molar-refractivity contribution in [3.05, 3.63) is 63.7 Å². The van der Waals surface area contributed by atoms with Crippen molar-refractivity contribution < 1.29 is 9.72 Å². The van der Waals surface area contributed by atoms with Gasteiger partial charge in [-0.3, -0.25) is 19.8 Å². The van der Waals surface area contributed by atoms with Crippen LogP contribution in [0.2, 0.25) is 0 Å². The van der Waals surface area contributed by atoms with Crippen LogP contribution in [0.15, 0.2) is 42.5 Å². The van der Waals surface area contributed by atoms with E-state index in [4.69, 9.17) is 0 Å². The fourth-order valence-corrected chi connectivity index (χ4v) is 3.26. The molecule has 0 aliphatic carbocycles. The zero-order valence-corrected chi connectivity index (χ0v) is 16.1. The molecule has 2 aromatic carbocycles. The van der Waals surface area contributed by atoms with Crippen LogP contribution >= 0.6 is 0 Å². The number of anilines is 2. The van der Waals surface area contributed by atoms with Crippen molar-refractivity contribution in [1.82, 2.24) is 9.80 Å². The molecule has 1 fully saturated rings. The monoisotopic (exact) mass is 383 g/mol. The van der Waals surface area contributed by atoms with Gasteiger partial charge in [-0.1, -0.05) is 12.1 Å². The van der Waals surface area contributed by atoms with Crippen LogP contribution in [0.3, 0.4) is 0 Å². The van der Waals surface area contributed by atoms with Gasteiger partial charge in [-0.05, 0) is 30.8 Å². The summed E-state index contributed by atoms with van der Waals surface area (Å²) in [7, 11) is 3.80. The molecular formula is C20H25N5O3. The minimum atomic E-state index is -0.507. The highest BCUT2D eigenvalue weighted by molar-refractivity contribution is 6.08. The summed E-state index contributed by atoms with van der Waals surface area (Å²) in [6.07, 6.45) is 0. The summed E-state index contributed by atoms with van der Waals surface area (Å²) in [6, 6.07) is 11.9.